The van der Waals surface area contributed by atoms with E-state index in [1.54, 1.807) is 18.2 Å². The highest BCUT2D eigenvalue weighted by atomic mass is 35.5. The Balaban J connectivity index is 2.67. The number of nitriles is 1. The van der Waals surface area contributed by atoms with Gasteiger partial charge >= 0.3 is 0 Å². The average molecular weight is 266 g/mol. The van der Waals surface area contributed by atoms with Crippen molar-refractivity contribution in [1.29, 1.82) is 5.26 Å². The van der Waals surface area contributed by atoms with Crippen molar-refractivity contribution in [2.24, 2.45) is 0 Å². The number of rotatable bonds is 3. The third kappa shape index (κ3) is 4.64. The molecule has 96 valence electrons. The number of hydrogen-bond donors (Lipinski definition) is 2. The molecular formula is C13H16ClN3O. The molecule has 0 heterocycles. The standard InChI is InChI=1S/C13H16ClN3O/c1-13(2,3)17-12(18)8-16-11-6-10(14)5-4-9(11)7-15/h4-6,16H,8H2,1-3H3,(H,17,18). The molecule has 0 aromatic heterocycles. The van der Waals surface area contributed by atoms with Crippen LogP contribution in [0, 0.1) is 11.3 Å². The molecule has 18 heavy (non-hydrogen) atoms. The molecule has 0 fully saturated rings. The van der Waals surface area contributed by atoms with Crippen molar-refractivity contribution in [3.63, 3.8) is 0 Å². The molecule has 0 atom stereocenters. The van der Waals surface area contributed by atoms with Crippen LogP contribution in [0.5, 0.6) is 0 Å². The van der Waals surface area contributed by atoms with Crippen LogP contribution >= 0.6 is 11.6 Å². The fourth-order valence-corrected chi connectivity index (χ4v) is 1.57. The van der Waals surface area contributed by atoms with Crippen LogP contribution < -0.4 is 10.6 Å². The molecule has 1 rings (SSSR count). The number of hydrogen-bond acceptors (Lipinski definition) is 3. The summed E-state index contributed by atoms with van der Waals surface area (Å²) in [5.74, 6) is -0.133. The van der Waals surface area contributed by atoms with Crippen LogP contribution in [0.4, 0.5) is 5.69 Å². The fraction of sp³-hybridized carbons (Fsp3) is 0.385. The van der Waals surface area contributed by atoms with Gasteiger partial charge in [-0.3, -0.25) is 4.79 Å². The third-order valence-corrected chi connectivity index (χ3v) is 2.29. The highest BCUT2D eigenvalue weighted by Gasteiger charge is 2.13. The second kappa shape index (κ2) is 5.74. The Kier molecular flexibility index (Phi) is 4.57. The summed E-state index contributed by atoms with van der Waals surface area (Å²) >= 11 is 5.85. The topological polar surface area (TPSA) is 64.9 Å². The maximum Gasteiger partial charge on any atom is 0.239 e. The van der Waals surface area contributed by atoms with Crippen LogP contribution in [0.25, 0.3) is 0 Å². The predicted octanol–water partition coefficient (Wildman–Crippen LogP) is 2.54. The van der Waals surface area contributed by atoms with Crippen molar-refractivity contribution in [3.05, 3.63) is 28.8 Å². The van der Waals surface area contributed by atoms with Gasteiger partial charge in [-0.2, -0.15) is 5.26 Å². The van der Waals surface area contributed by atoms with Crippen molar-refractivity contribution in [3.8, 4) is 6.07 Å². The second-order valence-electron chi connectivity index (χ2n) is 4.95. The quantitative estimate of drug-likeness (QED) is 0.883. The summed E-state index contributed by atoms with van der Waals surface area (Å²) in [6, 6.07) is 6.93. The number of carbonyl (C=O) groups excluding carboxylic acids is 1. The summed E-state index contributed by atoms with van der Waals surface area (Å²) in [7, 11) is 0. The molecule has 2 N–H and O–H groups in total. The number of nitrogens with one attached hydrogen (secondary N) is 2. The van der Waals surface area contributed by atoms with E-state index in [9.17, 15) is 4.79 Å². The molecule has 4 nitrogen and oxygen atoms in total. The minimum atomic E-state index is -0.273. The van der Waals surface area contributed by atoms with Gasteiger partial charge in [-0.15, -0.1) is 0 Å². The van der Waals surface area contributed by atoms with Crippen LogP contribution in [-0.2, 0) is 4.79 Å². The molecule has 0 bridgehead atoms. The van der Waals surface area contributed by atoms with Crippen molar-refractivity contribution < 1.29 is 4.79 Å². The lowest BCUT2D eigenvalue weighted by atomic mass is 10.1. The van der Waals surface area contributed by atoms with E-state index in [4.69, 9.17) is 16.9 Å². The smallest absolute Gasteiger partial charge is 0.239 e. The van der Waals surface area contributed by atoms with Gasteiger partial charge in [0.25, 0.3) is 0 Å². The molecule has 5 heteroatoms. The molecule has 1 aromatic carbocycles. The summed E-state index contributed by atoms with van der Waals surface area (Å²) in [4.78, 5) is 11.6. The Labute approximate surface area is 112 Å². The highest BCUT2D eigenvalue weighted by molar-refractivity contribution is 6.30. The third-order valence-electron chi connectivity index (χ3n) is 2.06. The lowest BCUT2D eigenvalue weighted by molar-refractivity contribution is -0.120. The first-order chi connectivity index (χ1) is 8.31. The Morgan fingerprint density at radius 1 is 1.44 bits per heavy atom. The summed E-state index contributed by atoms with van der Waals surface area (Å²) < 4.78 is 0. The van der Waals surface area contributed by atoms with Gasteiger partial charge in [0.2, 0.25) is 5.91 Å². The van der Waals surface area contributed by atoms with Crippen molar-refractivity contribution >= 4 is 23.2 Å². The Hall–Kier alpha value is -1.73. The van der Waals surface area contributed by atoms with Gasteiger partial charge in [-0.1, -0.05) is 11.6 Å². The largest absolute Gasteiger partial charge is 0.375 e. The van der Waals surface area contributed by atoms with E-state index in [1.807, 2.05) is 26.8 Å². The first-order valence-electron chi connectivity index (χ1n) is 5.56. The number of benzene rings is 1. The second-order valence-corrected chi connectivity index (χ2v) is 5.39. The van der Waals surface area contributed by atoms with E-state index in [2.05, 4.69) is 10.6 Å². The van der Waals surface area contributed by atoms with E-state index in [0.29, 0.717) is 16.3 Å². The molecule has 1 amide bonds. The number of nitrogens with zero attached hydrogens (tertiary/aromatic N) is 1. The van der Waals surface area contributed by atoms with E-state index < -0.39 is 0 Å². The molecule has 0 unspecified atom stereocenters. The zero-order valence-electron chi connectivity index (χ0n) is 10.7. The van der Waals surface area contributed by atoms with Crippen LogP contribution in [0.15, 0.2) is 18.2 Å². The molecule has 0 aliphatic rings. The van der Waals surface area contributed by atoms with Crippen LogP contribution in [-0.4, -0.2) is 18.0 Å². The van der Waals surface area contributed by atoms with Gasteiger partial charge < -0.3 is 10.6 Å². The van der Waals surface area contributed by atoms with Crippen LogP contribution in [0.2, 0.25) is 5.02 Å². The maximum absolute atomic E-state index is 11.6. The molecule has 0 radical (unpaired) electrons. The Bertz CT molecular complexity index is 486. The van der Waals surface area contributed by atoms with Crippen molar-refractivity contribution in [1.82, 2.24) is 5.32 Å². The van der Waals surface area contributed by atoms with Crippen LogP contribution in [0.1, 0.15) is 26.3 Å². The molecule has 0 aliphatic carbocycles. The number of anilines is 1. The monoisotopic (exact) mass is 265 g/mol. The summed E-state index contributed by atoms with van der Waals surface area (Å²) in [5.41, 5.74) is 0.752. The molecule has 1 aromatic rings. The summed E-state index contributed by atoms with van der Waals surface area (Å²) in [6.07, 6.45) is 0. The first kappa shape index (κ1) is 14.3. The molecular weight excluding hydrogens is 250 g/mol. The molecule has 0 saturated heterocycles. The van der Waals surface area contributed by atoms with E-state index >= 15 is 0 Å². The lowest BCUT2D eigenvalue weighted by Crippen LogP contribution is -2.43. The fourth-order valence-electron chi connectivity index (χ4n) is 1.40. The minimum Gasteiger partial charge on any atom is -0.375 e. The van der Waals surface area contributed by atoms with Gasteiger partial charge in [-0.05, 0) is 39.0 Å². The van der Waals surface area contributed by atoms with Gasteiger partial charge in [0.1, 0.15) is 6.07 Å². The molecule has 0 saturated carbocycles. The van der Waals surface area contributed by atoms with Crippen molar-refractivity contribution in [2.45, 2.75) is 26.3 Å². The maximum atomic E-state index is 11.6. The Morgan fingerprint density at radius 3 is 2.67 bits per heavy atom. The van der Waals surface area contributed by atoms with Gasteiger partial charge in [0, 0.05) is 10.6 Å². The highest BCUT2D eigenvalue weighted by Crippen LogP contribution is 2.20. The van der Waals surface area contributed by atoms with Crippen LogP contribution in [0.3, 0.4) is 0 Å². The number of halogens is 1. The lowest BCUT2D eigenvalue weighted by Gasteiger charge is -2.20. The zero-order chi connectivity index (χ0) is 13.8. The zero-order valence-corrected chi connectivity index (χ0v) is 11.4. The van der Waals surface area contributed by atoms with E-state index in [-0.39, 0.29) is 18.0 Å². The van der Waals surface area contributed by atoms with E-state index in [0.717, 1.165) is 0 Å². The SMILES string of the molecule is CC(C)(C)NC(=O)CNc1cc(Cl)ccc1C#N. The summed E-state index contributed by atoms with van der Waals surface area (Å²) in [6.45, 7) is 5.83. The number of carbonyl (C=O) groups is 1. The minimum absolute atomic E-state index is 0.103. The first-order valence-corrected chi connectivity index (χ1v) is 5.94. The molecule has 0 aliphatic heterocycles. The molecule has 0 spiro atoms. The normalized spacial score (nSPS) is 10.6. The van der Waals surface area contributed by atoms with E-state index in [1.165, 1.54) is 0 Å². The predicted molar refractivity (Wildman–Crippen MR) is 72.6 cm³/mol. The average Bonchev–Trinajstić information content (AvgIpc) is 2.24. The summed E-state index contributed by atoms with van der Waals surface area (Å²) in [5, 5.41) is 15.2. The van der Waals surface area contributed by atoms with Gasteiger partial charge in [-0.25, -0.2) is 0 Å². The number of amides is 1. The van der Waals surface area contributed by atoms with Gasteiger partial charge in [0.15, 0.2) is 0 Å². The van der Waals surface area contributed by atoms with Gasteiger partial charge in [0.05, 0.1) is 17.8 Å². The Morgan fingerprint density at radius 2 is 2.11 bits per heavy atom. The van der Waals surface area contributed by atoms with Crippen molar-refractivity contribution in [2.75, 3.05) is 11.9 Å².